The summed E-state index contributed by atoms with van der Waals surface area (Å²) in [5.41, 5.74) is 3.91. The Morgan fingerprint density at radius 2 is 1.68 bits per heavy atom. The van der Waals surface area contributed by atoms with E-state index in [-0.39, 0.29) is 23.9 Å². The number of sulfonamides is 1. The molecule has 1 aliphatic carbocycles. The number of ether oxygens (including phenoxy) is 1. The van der Waals surface area contributed by atoms with Crippen molar-refractivity contribution >= 4 is 21.7 Å². The van der Waals surface area contributed by atoms with Gasteiger partial charge in [-0.25, -0.2) is 0 Å². The summed E-state index contributed by atoms with van der Waals surface area (Å²) in [4.78, 5) is 15.2. The molecular weight excluding hydrogens is 412 g/mol. The minimum Gasteiger partial charge on any atom is -0.460 e. The van der Waals surface area contributed by atoms with Gasteiger partial charge >= 0.3 is 5.97 Å². The molecule has 31 heavy (non-hydrogen) atoms. The summed E-state index contributed by atoms with van der Waals surface area (Å²) in [5.74, 6) is -0.884. The monoisotopic (exact) mass is 434 g/mol. The van der Waals surface area contributed by atoms with E-state index in [2.05, 4.69) is 9.93 Å². The molecule has 7 heteroatoms. The lowest BCUT2D eigenvalue weighted by molar-refractivity contribution is -0.146. The van der Waals surface area contributed by atoms with Crippen LogP contribution in [0.25, 0.3) is 0 Å². The fourth-order valence-corrected chi connectivity index (χ4v) is 4.34. The van der Waals surface area contributed by atoms with Crippen LogP contribution in [0, 0.1) is 6.92 Å². The van der Waals surface area contributed by atoms with Gasteiger partial charge in [0, 0.05) is 12.0 Å². The lowest BCUT2D eigenvalue weighted by Gasteiger charge is -2.11. The van der Waals surface area contributed by atoms with Crippen LogP contribution in [0.1, 0.15) is 34.6 Å². The smallest absolute Gasteiger partial charge is 0.314 e. The fraction of sp³-hybridized carbons (Fsp3) is 0.167. The van der Waals surface area contributed by atoms with E-state index < -0.39 is 15.9 Å². The molecule has 0 amide bonds. The summed E-state index contributed by atoms with van der Waals surface area (Å²) < 4.78 is 30.7. The van der Waals surface area contributed by atoms with Crippen molar-refractivity contribution in [1.29, 1.82) is 0 Å². The Labute approximate surface area is 181 Å². The molecular formula is C24H22N2O4S. The zero-order chi connectivity index (χ0) is 21.8. The van der Waals surface area contributed by atoms with Crippen LogP contribution < -0.4 is 4.83 Å². The molecule has 1 aliphatic rings. The van der Waals surface area contributed by atoms with Crippen LogP contribution in [0.3, 0.4) is 0 Å². The molecule has 1 unspecified atom stereocenters. The number of aryl methyl sites for hydroxylation is 1. The molecule has 0 bridgehead atoms. The van der Waals surface area contributed by atoms with Crippen molar-refractivity contribution in [3.05, 3.63) is 101 Å². The summed E-state index contributed by atoms with van der Waals surface area (Å²) in [6.07, 6.45) is 0.267. The number of carbonyl (C=O) groups is 1. The normalized spacial score (nSPS) is 16.7. The van der Waals surface area contributed by atoms with Gasteiger partial charge in [0.2, 0.25) is 0 Å². The Morgan fingerprint density at radius 3 is 2.42 bits per heavy atom. The van der Waals surface area contributed by atoms with Gasteiger partial charge in [0.15, 0.2) is 0 Å². The highest BCUT2D eigenvalue weighted by atomic mass is 32.2. The number of hydrazone groups is 1. The van der Waals surface area contributed by atoms with Gasteiger partial charge in [0.25, 0.3) is 10.0 Å². The molecule has 0 fully saturated rings. The number of esters is 1. The number of rotatable bonds is 6. The summed E-state index contributed by atoms with van der Waals surface area (Å²) in [5, 5.41) is 4.16. The molecule has 6 nitrogen and oxygen atoms in total. The average molecular weight is 435 g/mol. The maximum absolute atomic E-state index is 12.8. The van der Waals surface area contributed by atoms with E-state index >= 15 is 0 Å². The van der Waals surface area contributed by atoms with Crippen LogP contribution in [0.15, 0.2) is 88.9 Å². The quantitative estimate of drug-likeness (QED) is 0.471. The Morgan fingerprint density at radius 1 is 1.00 bits per heavy atom. The zero-order valence-corrected chi connectivity index (χ0v) is 17.8. The molecule has 0 aromatic heterocycles. The van der Waals surface area contributed by atoms with E-state index in [1.165, 1.54) is 12.1 Å². The summed E-state index contributed by atoms with van der Waals surface area (Å²) >= 11 is 0. The van der Waals surface area contributed by atoms with Crippen molar-refractivity contribution in [1.82, 2.24) is 4.83 Å². The Hall–Kier alpha value is -3.45. The number of benzene rings is 3. The van der Waals surface area contributed by atoms with Gasteiger partial charge in [-0.1, -0.05) is 72.3 Å². The predicted molar refractivity (Wildman–Crippen MR) is 118 cm³/mol. The average Bonchev–Trinajstić information content (AvgIpc) is 3.16. The molecule has 0 radical (unpaired) electrons. The number of hydrogen-bond acceptors (Lipinski definition) is 5. The van der Waals surface area contributed by atoms with Crippen LogP contribution in [-0.2, 0) is 26.2 Å². The highest BCUT2D eigenvalue weighted by Crippen LogP contribution is 2.34. The van der Waals surface area contributed by atoms with Crippen molar-refractivity contribution in [3.8, 4) is 0 Å². The summed E-state index contributed by atoms with van der Waals surface area (Å²) in [7, 11) is -3.80. The van der Waals surface area contributed by atoms with Crippen molar-refractivity contribution in [2.45, 2.75) is 30.8 Å². The van der Waals surface area contributed by atoms with Gasteiger partial charge < -0.3 is 4.74 Å². The lowest BCUT2D eigenvalue weighted by Crippen LogP contribution is -2.20. The molecule has 0 heterocycles. The molecule has 3 aromatic carbocycles. The topological polar surface area (TPSA) is 84.8 Å². The molecule has 4 rings (SSSR count). The number of nitrogens with one attached hydrogen (secondary N) is 1. The first kappa shape index (κ1) is 20.8. The molecule has 1 N–H and O–H groups in total. The third kappa shape index (κ3) is 4.67. The van der Waals surface area contributed by atoms with Crippen LogP contribution in [0.5, 0.6) is 0 Å². The van der Waals surface area contributed by atoms with Crippen LogP contribution in [0.2, 0.25) is 0 Å². The van der Waals surface area contributed by atoms with E-state index in [0.717, 1.165) is 22.3 Å². The SMILES string of the molecule is Cc1ccc(S(=O)(=O)N/N=C2/CC(C(=O)OCc3ccccc3)c3ccccc32)cc1. The summed E-state index contributed by atoms with van der Waals surface area (Å²) in [6, 6.07) is 23.3. The Bertz CT molecular complexity index is 1220. The minimum absolute atomic E-state index is 0.132. The first-order valence-corrected chi connectivity index (χ1v) is 11.4. The second-order valence-electron chi connectivity index (χ2n) is 7.40. The largest absolute Gasteiger partial charge is 0.460 e. The standard InChI is InChI=1S/C24H22N2O4S/c1-17-11-13-19(14-12-17)31(28,29)26-25-23-15-22(20-9-5-6-10-21(20)23)24(27)30-16-18-7-3-2-4-8-18/h2-14,22,26H,15-16H2,1H3/b25-23-. The van der Waals surface area contributed by atoms with Gasteiger partial charge in [0.05, 0.1) is 16.5 Å². The maximum atomic E-state index is 12.8. The molecule has 158 valence electrons. The van der Waals surface area contributed by atoms with E-state index in [0.29, 0.717) is 5.71 Å². The Balaban J connectivity index is 1.52. The third-order valence-electron chi connectivity index (χ3n) is 5.19. The maximum Gasteiger partial charge on any atom is 0.314 e. The highest BCUT2D eigenvalue weighted by Gasteiger charge is 2.34. The minimum atomic E-state index is -3.80. The van der Waals surface area contributed by atoms with Crippen molar-refractivity contribution in [2.24, 2.45) is 5.10 Å². The molecule has 0 aliphatic heterocycles. The number of nitrogens with zero attached hydrogens (tertiary/aromatic N) is 1. The van der Waals surface area contributed by atoms with Crippen LogP contribution in [-0.4, -0.2) is 20.1 Å². The second kappa shape index (κ2) is 8.73. The number of carbonyl (C=O) groups excluding carboxylic acids is 1. The molecule has 3 aromatic rings. The van der Waals surface area contributed by atoms with Gasteiger partial charge in [0.1, 0.15) is 6.61 Å². The van der Waals surface area contributed by atoms with Crippen LogP contribution in [0.4, 0.5) is 0 Å². The van der Waals surface area contributed by atoms with Gasteiger partial charge in [-0.2, -0.15) is 18.4 Å². The first-order chi connectivity index (χ1) is 14.9. The molecule has 0 spiro atoms. The van der Waals surface area contributed by atoms with Crippen molar-refractivity contribution in [3.63, 3.8) is 0 Å². The van der Waals surface area contributed by atoms with E-state index in [4.69, 9.17) is 4.74 Å². The number of hydrogen-bond donors (Lipinski definition) is 1. The first-order valence-electron chi connectivity index (χ1n) is 9.89. The predicted octanol–water partition coefficient (Wildman–Crippen LogP) is 3.91. The molecule has 0 saturated carbocycles. The van der Waals surface area contributed by atoms with Crippen LogP contribution >= 0.6 is 0 Å². The lowest BCUT2D eigenvalue weighted by atomic mass is 10.0. The molecule has 1 atom stereocenters. The fourth-order valence-electron chi connectivity index (χ4n) is 3.51. The molecule has 0 saturated heterocycles. The summed E-state index contributed by atoms with van der Waals surface area (Å²) in [6.45, 7) is 2.07. The zero-order valence-electron chi connectivity index (χ0n) is 17.0. The Kier molecular flexibility index (Phi) is 5.86. The van der Waals surface area contributed by atoms with Crippen molar-refractivity contribution in [2.75, 3.05) is 0 Å². The van der Waals surface area contributed by atoms with Gasteiger partial charge in [-0.05, 0) is 30.2 Å². The number of fused-ring (bicyclic) bond motifs is 1. The highest BCUT2D eigenvalue weighted by molar-refractivity contribution is 7.89. The van der Waals surface area contributed by atoms with Crippen molar-refractivity contribution < 1.29 is 17.9 Å². The van der Waals surface area contributed by atoms with E-state index in [1.54, 1.807) is 12.1 Å². The van der Waals surface area contributed by atoms with Gasteiger partial charge in [-0.3, -0.25) is 4.79 Å². The van der Waals surface area contributed by atoms with E-state index in [1.807, 2.05) is 61.5 Å². The van der Waals surface area contributed by atoms with E-state index in [9.17, 15) is 13.2 Å². The second-order valence-corrected chi connectivity index (χ2v) is 9.06. The van der Waals surface area contributed by atoms with Gasteiger partial charge in [-0.15, -0.1) is 0 Å². The third-order valence-corrected chi connectivity index (χ3v) is 6.41.